The quantitative estimate of drug-likeness (QED) is 0.783. The summed E-state index contributed by atoms with van der Waals surface area (Å²) in [4.78, 5) is 0. The van der Waals surface area contributed by atoms with Crippen LogP contribution < -0.4 is 10.5 Å². The fraction of sp³-hybridized carbons (Fsp3) is 0.333. The molecule has 0 saturated heterocycles. The first-order valence-electron chi connectivity index (χ1n) is 4.95. The molecule has 3 heteroatoms. The van der Waals surface area contributed by atoms with Crippen molar-refractivity contribution in [1.82, 2.24) is 0 Å². The molecule has 2 nitrogen and oxygen atoms in total. The molecule has 0 atom stereocenters. The summed E-state index contributed by atoms with van der Waals surface area (Å²) in [5.74, 6) is 0.872. The van der Waals surface area contributed by atoms with Gasteiger partial charge in [0.25, 0.3) is 0 Å². The molecule has 15 heavy (non-hydrogen) atoms. The maximum absolute atomic E-state index is 5.91. The first-order valence-corrected chi connectivity index (χ1v) is 5.33. The van der Waals surface area contributed by atoms with Crippen LogP contribution in [0.25, 0.3) is 0 Å². The van der Waals surface area contributed by atoms with E-state index in [-0.39, 0.29) is 0 Å². The minimum Gasteiger partial charge on any atom is -0.496 e. The van der Waals surface area contributed by atoms with Gasteiger partial charge in [-0.05, 0) is 43.1 Å². The van der Waals surface area contributed by atoms with Crippen LogP contribution in [0.5, 0.6) is 5.75 Å². The molecule has 0 fully saturated rings. The molecule has 0 spiro atoms. The summed E-state index contributed by atoms with van der Waals surface area (Å²) in [6, 6.07) is 5.63. The number of nitrogens with two attached hydrogens (primary N) is 1. The van der Waals surface area contributed by atoms with Crippen molar-refractivity contribution in [2.24, 2.45) is 5.73 Å². The second kappa shape index (κ2) is 6.49. The van der Waals surface area contributed by atoms with Crippen molar-refractivity contribution in [3.05, 3.63) is 40.9 Å². The summed E-state index contributed by atoms with van der Waals surface area (Å²) in [7, 11) is 1.66. The van der Waals surface area contributed by atoms with E-state index in [4.69, 9.17) is 22.1 Å². The molecule has 0 radical (unpaired) electrons. The fourth-order valence-electron chi connectivity index (χ4n) is 1.33. The van der Waals surface area contributed by atoms with Gasteiger partial charge >= 0.3 is 0 Å². The van der Waals surface area contributed by atoms with E-state index in [1.54, 1.807) is 7.11 Å². The van der Waals surface area contributed by atoms with Gasteiger partial charge in [0.05, 0.1) is 7.11 Å². The van der Waals surface area contributed by atoms with Crippen LogP contribution in [0.2, 0.25) is 5.02 Å². The predicted octanol–water partition coefficient (Wildman–Crippen LogP) is 2.80. The lowest BCUT2D eigenvalue weighted by molar-refractivity contribution is 0.410. The SMILES string of the molecule is COc1ccc(Cl)cc1CC=CCCN. The molecule has 2 N–H and O–H groups in total. The molecule has 1 aromatic rings. The van der Waals surface area contributed by atoms with Crippen molar-refractivity contribution in [2.45, 2.75) is 12.8 Å². The number of benzene rings is 1. The lowest BCUT2D eigenvalue weighted by Crippen LogP contribution is -1.95. The third-order valence-corrected chi connectivity index (χ3v) is 2.32. The molecule has 82 valence electrons. The number of hydrogen-bond donors (Lipinski definition) is 1. The van der Waals surface area contributed by atoms with Crippen LogP contribution in [-0.4, -0.2) is 13.7 Å². The topological polar surface area (TPSA) is 35.2 Å². The van der Waals surface area contributed by atoms with Crippen LogP contribution in [0.1, 0.15) is 12.0 Å². The van der Waals surface area contributed by atoms with Crippen molar-refractivity contribution >= 4 is 11.6 Å². The molecule has 0 aliphatic carbocycles. The van der Waals surface area contributed by atoms with Gasteiger partial charge in [-0.2, -0.15) is 0 Å². The summed E-state index contributed by atoms with van der Waals surface area (Å²) in [6.45, 7) is 0.684. The lowest BCUT2D eigenvalue weighted by Gasteiger charge is -2.06. The zero-order chi connectivity index (χ0) is 11.1. The Labute approximate surface area is 95.7 Å². The highest BCUT2D eigenvalue weighted by molar-refractivity contribution is 6.30. The summed E-state index contributed by atoms with van der Waals surface area (Å²) < 4.78 is 5.24. The fourth-order valence-corrected chi connectivity index (χ4v) is 1.53. The van der Waals surface area contributed by atoms with E-state index in [2.05, 4.69) is 12.2 Å². The van der Waals surface area contributed by atoms with Crippen molar-refractivity contribution in [2.75, 3.05) is 13.7 Å². The Morgan fingerprint density at radius 3 is 2.87 bits per heavy atom. The van der Waals surface area contributed by atoms with Gasteiger partial charge < -0.3 is 10.5 Å². The summed E-state index contributed by atoms with van der Waals surface area (Å²) in [5.41, 5.74) is 6.49. The molecule has 0 saturated carbocycles. The Bertz CT molecular complexity index is 336. The van der Waals surface area contributed by atoms with E-state index < -0.39 is 0 Å². The number of rotatable bonds is 5. The van der Waals surface area contributed by atoms with Gasteiger partial charge in [0.1, 0.15) is 5.75 Å². The number of halogens is 1. The van der Waals surface area contributed by atoms with E-state index >= 15 is 0 Å². The predicted molar refractivity (Wildman–Crippen MR) is 64.5 cm³/mol. The molecule has 0 heterocycles. The summed E-state index contributed by atoms with van der Waals surface area (Å²) >= 11 is 5.91. The third-order valence-electron chi connectivity index (χ3n) is 2.08. The Hall–Kier alpha value is -0.990. The Balaban J connectivity index is 2.69. The van der Waals surface area contributed by atoms with Crippen LogP contribution in [-0.2, 0) is 6.42 Å². The Morgan fingerprint density at radius 1 is 1.40 bits per heavy atom. The normalized spacial score (nSPS) is 10.9. The van der Waals surface area contributed by atoms with Crippen molar-refractivity contribution in [3.8, 4) is 5.75 Å². The second-order valence-corrected chi connectivity index (χ2v) is 3.65. The number of methoxy groups -OCH3 is 1. The molecule has 0 aromatic heterocycles. The molecule has 0 aliphatic rings. The highest BCUT2D eigenvalue weighted by Gasteiger charge is 2.01. The zero-order valence-electron chi connectivity index (χ0n) is 8.87. The molecule has 0 aliphatic heterocycles. The van der Waals surface area contributed by atoms with Gasteiger partial charge in [-0.3, -0.25) is 0 Å². The first-order chi connectivity index (χ1) is 7.27. The van der Waals surface area contributed by atoms with Crippen LogP contribution in [0.15, 0.2) is 30.4 Å². The van der Waals surface area contributed by atoms with Crippen molar-refractivity contribution in [3.63, 3.8) is 0 Å². The van der Waals surface area contributed by atoms with E-state index in [0.717, 1.165) is 29.2 Å². The number of ether oxygens (including phenoxy) is 1. The van der Waals surface area contributed by atoms with Crippen LogP contribution in [0, 0.1) is 0 Å². The third kappa shape index (κ3) is 3.94. The molecule has 1 rings (SSSR count). The van der Waals surface area contributed by atoms with Gasteiger partial charge in [-0.25, -0.2) is 0 Å². The van der Waals surface area contributed by atoms with Gasteiger partial charge in [0.2, 0.25) is 0 Å². The van der Waals surface area contributed by atoms with E-state index in [0.29, 0.717) is 6.54 Å². The molecular weight excluding hydrogens is 210 g/mol. The highest BCUT2D eigenvalue weighted by atomic mass is 35.5. The summed E-state index contributed by atoms with van der Waals surface area (Å²) in [5, 5.41) is 0.734. The van der Waals surface area contributed by atoms with Crippen LogP contribution in [0.3, 0.4) is 0 Å². The largest absolute Gasteiger partial charge is 0.496 e. The van der Waals surface area contributed by atoms with Crippen molar-refractivity contribution < 1.29 is 4.74 Å². The minimum atomic E-state index is 0.684. The maximum atomic E-state index is 5.91. The smallest absolute Gasteiger partial charge is 0.122 e. The van der Waals surface area contributed by atoms with Crippen LogP contribution >= 0.6 is 11.6 Å². The molecule has 0 unspecified atom stereocenters. The zero-order valence-corrected chi connectivity index (χ0v) is 9.63. The molecule has 0 amide bonds. The Kier molecular flexibility index (Phi) is 5.22. The van der Waals surface area contributed by atoms with Gasteiger partial charge in [-0.15, -0.1) is 0 Å². The van der Waals surface area contributed by atoms with Crippen LogP contribution in [0.4, 0.5) is 0 Å². The number of allylic oxidation sites excluding steroid dienone is 1. The van der Waals surface area contributed by atoms with E-state index in [1.807, 2.05) is 18.2 Å². The molecule has 1 aromatic carbocycles. The second-order valence-electron chi connectivity index (χ2n) is 3.21. The lowest BCUT2D eigenvalue weighted by atomic mass is 10.1. The van der Waals surface area contributed by atoms with Gasteiger partial charge in [0, 0.05) is 5.02 Å². The standard InChI is InChI=1S/C12H16ClNO/c1-15-12-7-6-11(13)9-10(12)5-3-2-4-8-14/h2-3,6-7,9H,4-5,8,14H2,1H3. The van der Waals surface area contributed by atoms with Gasteiger partial charge in [0.15, 0.2) is 0 Å². The average molecular weight is 226 g/mol. The number of hydrogen-bond acceptors (Lipinski definition) is 2. The van der Waals surface area contributed by atoms with Crippen molar-refractivity contribution in [1.29, 1.82) is 0 Å². The van der Waals surface area contributed by atoms with E-state index in [9.17, 15) is 0 Å². The highest BCUT2D eigenvalue weighted by Crippen LogP contribution is 2.23. The maximum Gasteiger partial charge on any atom is 0.122 e. The molecule has 0 bridgehead atoms. The monoisotopic (exact) mass is 225 g/mol. The Morgan fingerprint density at radius 2 is 2.20 bits per heavy atom. The van der Waals surface area contributed by atoms with Gasteiger partial charge in [-0.1, -0.05) is 23.8 Å². The molecular formula is C12H16ClNO. The van der Waals surface area contributed by atoms with E-state index in [1.165, 1.54) is 0 Å². The summed E-state index contributed by atoms with van der Waals surface area (Å²) in [6.07, 6.45) is 5.88. The first kappa shape index (κ1) is 12.1. The minimum absolute atomic E-state index is 0.684. The average Bonchev–Trinajstić information content (AvgIpc) is 2.25.